The average molecular weight is 396 g/mol. The predicted octanol–water partition coefficient (Wildman–Crippen LogP) is 5.33. The van der Waals surface area contributed by atoms with Gasteiger partial charge in [-0.05, 0) is 42.0 Å². The fraction of sp³-hybridized carbons (Fsp3) is 0.0909. The molecule has 0 unspecified atom stereocenters. The molecule has 4 aromatic rings. The fourth-order valence-electron chi connectivity index (χ4n) is 3.32. The van der Waals surface area contributed by atoms with Crippen LogP contribution in [0.25, 0.3) is 16.7 Å². The summed E-state index contributed by atoms with van der Waals surface area (Å²) in [5, 5.41) is 9.93. The van der Waals surface area contributed by atoms with E-state index in [4.69, 9.17) is 0 Å². The normalized spacial score (nSPS) is 11.7. The first kappa shape index (κ1) is 18.7. The number of alkyl halides is 3. The zero-order chi connectivity index (χ0) is 20.6. The number of hydrogen-bond acceptors (Lipinski definition) is 2. The van der Waals surface area contributed by atoms with Gasteiger partial charge in [-0.1, -0.05) is 30.3 Å². The van der Waals surface area contributed by atoms with E-state index in [0.29, 0.717) is 28.0 Å². The summed E-state index contributed by atoms with van der Waals surface area (Å²) in [6, 6.07) is 17.2. The fourth-order valence-corrected chi connectivity index (χ4v) is 3.32. The second kappa shape index (κ2) is 7.09. The van der Waals surface area contributed by atoms with Crippen molar-refractivity contribution in [3.05, 3.63) is 95.3 Å². The summed E-state index contributed by atoms with van der Waals surface area (Å²) in [6.07, 6.45) is -2.41. The van der Waals surface area contributed by atoms with Crippen LogP contribution in [-0.4, -0.2) is 20.6 Å². The Bertz CT molecular complexity index is 1210. The highest BCUT2D eigenvalue weighted by molar-refractivity contribution is 6.03. The number of carbonyl (C=O) groups is 1. The summed E-state index contributed by atoms with van der Waals surface area (Å²) < 4.78 is 40.6. The number of nitrogens with zero attached hydrogens (tertiary/aromatic N) is 2. The van der Waals surface area contributed by atoms with E-state index in [9.17, 15) is 23.1 Å². The number of halogens is 3. The molecule has 4 nitrogen and oxygen atoms in total. The van der Waals surface area contributed by atoms with Crippen molar-refractivity contribution in [3.63, 3.8) is 0 Å². The minimum absolute atomic E-state index is 0.196. The first-order valence-electron chi connectivity index (χ1n) is 8.79. The number of carboxylic acids is 1. The van der Waals surface area contributed by atoms with Crippen molar-refractivity contribution in [2.45, 2.75) is 12.6 Å². The predicted molar refractivity (Wildman–Crippen MR) is 102 cm³/mol. The third-order valence-corrected chi connectivity index (χ3v) is 4.64. The molecule has 4 rings (SSSR count). The molecule has 0 bridgehead atoms. The zero-order valence-corrected chi connectivity index (χ0v) is 15.0. The first-order chi connectivity index (χ1) is 13.8. The van der Waals surface area contributed by atoms with Gasteiger partial charge in [0, 0.05) is 23.7 Å². The molecule has 2 heterocycles. The van der Waals surface area contributed by atoms with Crippen LogP contribution in [0.2, 0.25) is 0 Å². The maximum absolute atomic E-state index is 12.9. The number of pyridine rings is 1. The van der Waals surface area contributed by atoms with Gasteiger partial charge < -0.3 is 9.67 Å². The van der Waals surface area contributed by atoms with Crippen molar-refractivity contribution in [1.29, 1.82) is 0 Å². The molecule has 0 saturated heterocycles. The van der Waals surface area contributed by atoms with Crippen molar-refractivity contribution in [2.24, 2.45) is 0 Å². The lowest BCUT2D eigenvalue weighted by Gasteiger charge is -2.10. The van der Waals surface area contributed by atoms with Crippen molar-refractivity contribution in [1.82, 2.24) is 9.55 Å². The average Bonchev–Trinajstić information content (AvgIpc) is 3.12. The van der Waals surface area contributed by atoms with E-state index < -0.39 is 17.7 Å². The molecule has 0 aliphatic rings. The first-order valence-corrected chi connectivity index (χ1v) is 8.79. The number of benzene rings is 2. The van der Waals surface area contributed by atoms with E-state index in [1.807, 2.05) is 0 Å². The molecule has 0 saturated carbocycles. The highest BCUT2D eigenvalue weighted by Crippen LogP contribution is 2.30. The summed E-state index contributed by atoms with van der Waals surface area (Å²) in [7, 11) is 0. The van der Waals surface area contributed by atoms with Gasteiger partial charge in [0.2, 0.25) is 0 Å². The smallest absolute Gasteiger partial charge is 0.416 e. The molecule has 0 atom stereocenters. The largest absolute Gasteiger partial charge is 0.478 e. The summed E-state index contributed by atoms with van der Waals surface area (Å²) in [5.74, 6) is -0.452. The van der Waals surface area contributed by atoms with Crippen LogP contribution in [0.3, 0.4) is 0 Å². The molecule has 29 heavy (non-hydrogen) atoms. The lowest BCUT2D eigenvalue weighted by atomic mass is 10.1. The van der Waals surface area contributed by atoms with Gasteiger partial charge in [-0.3, -0.25) is 0 Å². The van der Waals surface area contributed by atoms with E-state index in [2.05, 4.69) is 4.98 Å². The number of rotatable bonds is 4. The minimum atomic E-state index is -4.39. The number of aromatic nitrogens is 2. The molecule has 0 aliphatic heterocycles. The SMILES string of the molecule is O=C(O)c1cccc2c1ccn2-c1cccc(Cc2cccc(C(F)(F)F)c2)n1. The lowest BCUT2D eigenvalue weighted by Crippen LogP contribution is -2.06. The molecule has 1 N–H and O–H groups in total. The van der Waals surface area contributed by atoms with Crippen LogP contribution < -0.4 is 0 Å². The van der Waals surface area contributed by atoms with Gasteiger partial charge in [0.05, 0.1) is 16.6 Å². The molecular formula is C22H15F3N2O2. The summed E-state index contributed by atoms with van der Waals surface area (Å²) in [4.78, 5) is 16.0. The molecule has 7 heteroatoms. The van der Waals surface area contributed by atoms with Gasteiger partial charge in [0.1, 0.15) is 5.82 Å². The van der Waals surface area contributed by atoms with Crippen molar-refractivity contribution < 1.29 is 23.1 Å². The monoisotopic (exact) mass is 396 g/mol. The molecule has 146 valence electrons. The number of aromatic carboxylic acids is 1. The van der Waals surface area contributed by atoms with E-state index in [0.717, 1.165) is 12.1 Å². The molecule has 0 fully saturated rings. The Balaban J connectivity index is 1.70. The molecular weight excluding hydrogens is 381 g/mol. The highest BCUT2D eigenvalue weighted by Gasteiger charge is 2.30. The highest BCUT2D eigenvalue weighted by atomic mass is 19.4. The Morgan fingerprint density at radius 2 is 1.76 bits per heavy atom. The topological polar surface area (TPSA) is 55.1 Å². The van der Waals surface area contributed by atoms with Crippen LogP contribution in [0, 0.1) is 0 Å². The number of carboxylic acid groups (broad SMARTS) is 1. The third-order valence-electron chi connectivity index (χ3n) is 4.64. The Morgan fingerprint density at radius 1 is 1.00 bits per heavy atom. The van der Waals surface area contributed by atoms with Gasteiger partial charge in [0.15, 0.2) is 0 Å². The number of fused-ring (bicyclic) bond motifs is 1. The van der Waals surface area contributed by atoms with E-state index in [1.165, 1.54) is 12.1 Å². The lowest BCUT2D eigenvalue weighted by molar-refractivity contribution is -0.137. The second-order valence-corrected chi connectivity index (χ2v) is 6.59. The van der Waals surface area contributed by atoms with E-state index >= 15 is 0 Å². The van der Waals surface area contributed by atoms with Crippen molar-refractivity contribution in [2.75, 3.05) is 0 Å². The maximum Gasteiger partial charge on any atom is 0.416 e. The Morgan fingerprint density at radius 3 is 2.52 bits per heavy atom. The van der Waals surface area contributed by atoms with E-state index in [1.54, 1.807) is 53.2 Å². The van der Waals surface area contributed by atoms with Crippen LogP contribution in [0.4, 0.5) is 13.2 Å². The molecule has 2 aromatic heterocycles. The van der Waals surface area contributed by atoms with Crippen LogP contribution in [0.1, 0.15) is 27.2 Å². The van der Waals surface area contributed by atoms with Gasteiger partial charge in [0.25, 0.3) is 0 Å². The zero-order valence-electron chi connectivity index (χ0n) is 15.0. The quantitative estimate of drug-likeness (QED) is 0.507. The molecule has 0 amide bonds. The Kier molecular flexibility index (Phi) is 4.58. The summed E-state index contributed by atoms with van der Waals surface area (Å²) in [6.45, 7) is 0. The van der Waals surface area contributed by atoms with Gasteiger partial charge in [-0.2, -0.15) is 13.2 Å². The van der Waals surface area contributed by atoms with Crippen LogP contribution in [0.15, 0.2) is 72.9 Å². The van der Waals surface area contributed by atoms with Gasteiger partial charge >= 0.3 is 12.1 Å². The second-order valence-electron chi connectivity index (χ2n) is 6.59. The molecule has 0 radical (unpaired) electrons. The molecule has 2 aromatic carbocycles. The van der Waals surface area contributed by atoms with Crippen LogP contribution in [-0.2, 0) is 12.6 Å². The molecule has 0 aliphatic carbocycles. The summed E-state index contributed by atoms with van der Waals surface area (Å²) >= 11 is 0. The Hall–Kier alpha value is -3.61. The van der Waals surface area contributed by atoms with Gasteiger partial charge in [-0.25, -0.2) is 9.78 Å². The minimum Gasteiger partial charge on any atom is -0.478 e. The van der Waals surface area contributed by atoms with Crippen LogP contribution >= 0.6 is 0 Å². The summed E-state index contributed by atoms with van der Waals surface area (Å²) in [5.41, 5.74) is 1.31. The van der Waals surface area contributed by atoms with E-state index in [-0.39, 0.29) is 12.0 Å². The van der Waals surface area contributed by atoms with Gasteiger partial charge in [-0.15, -0.1) is 0 Å². The Labute approximate surface area is 163 Å². The third kappa shape index (κ3) is 3.71. The van der Waals surface area contributed by atoms with Crippen molar-refractivity contribution >= 4 is 16.9 Å². The number of hydrogen-bond donors (Lipinski definition) is 1. The van der Waals surface area contributed by atoms with Crippen LogP contribution in [0.5, 0.6) is 0 Å². The standard InChI is InChI=1S/C22H15F3N2O2/c23-22(24,25)15-5-1-4-14(12-15)13-16-6-2-9-20(26-16)27-11-10-17-18(21(28)29)7-3-8-19(17)27/h1-12H,13H2,(H,28,29). The molecule has 0 spiro atoms. The maximum atomic E-state index is 12.9. The van der Waals surface area contributed by atoms with Crippen molar-refractivity contribution in [3.8, 4) is 5.82 Å².